The first-order chi connectivity index (χ1) is 12.6. The summed E-state index contributed by atoms with van der Waals surface area (Å²) < 4.78 is 21.2. The van der Waals surface area contributed by atoms with Crippen LogP contribution >= 0.6 is 0 Å². The number of anilines is 1. The van der Waals surface area contributed by atoms with Crippen molar-refractivity contribution in [3.63, 3.8) is 0 Å². The van der Waals surface area contributed by atoms with Gasteiger partial charge in [-0.2, -0.15) is 0 Å². The molecule has 1 amide bonds. The molecule has 0 unspecified atom stereocenters. The van der Waals surface area contributed by atoms with Crippen molar-refractivity contribution in [3.8, 4) is 17.2 Å². The number of rotatable bonds is 6. The lowest BCUT2D eigenvalue weighted by Crippen LogP contribution is -2.30. The van der Waals surface area contributed by atoms with Gasteiger partial charge in [-0.25, -0.2) is 4.79 Å². The Morgan fingerprint density at radius 1 is 1.15 bits per heavy atom. The third-order valence-electron chi connectivity index (χ3n) is 3.70. The van der Waals surface area contributed by atoms with E-state index in [2.05, 4.69) is 5.32 Å². The predicted octanol–water partition coefficient (Wildman–Crippen LogP) is 3.00. The van der Waals surface area contributed by atoms with Gasteiger partial charge in [-0.3, -0.25) is 4.79 Å². The molecule has 1 N–H and O–H groups in total. The van der Waals surface area contributed by atoms with Crippen LogP contribution in [0.1, 0.15) is 24.2 Å². The van der Waals surface area contributed by atoms with Gasteiger partial charge in [-0.05, 0) is 38.1 Å². The fourth-order valence-corrected chi connectivity index (χ4v) is 2.41. The molecule has 2 aromatic carbocycles. The Labute approximate surface area is 150 Å². The van der Waals surface area contributed by atoms with E-state index in [4.69, 9.17) is 18.9 Å². The molecule has 1 atom stereocenters. The first-order valence-electron chi connectivity index (χ1n) is 8.21. The van der Waals surface area contributed by atoms with Gasteiger partial charge in [0.25, 0.3) is 5.91 Å². The van der Waals surface area contributed by atoms with Crippen LogP contribution in [0.3, 0.4) is 0 Å². The maximum atomic E-state index is 12.3. The molecular formula is C19H19NO6. The van der Waals surface area contributed by atoms with Crippen LogP contribution in [0.5, 0.6) is 17.2 Å². The molecule has 0 radical (unpaired) electrons. The van der Waals surface area contributed by atoms with Crippen molar-refractivity contribution in [3.05, 3.63) is 48.0 Å². The Morgan fingerprint density at radius 2 is 1.92 bits per heavy atom. The molecule has 3 rings (SSSR count). The van der Waals surface area contributed by atoms with Gasteiger partial charge in [0, 0.05) is 11.8 Å². The summed E-state index contributed by atoms with van der Waals surface area (Å²) in [5.41, 5.74) is 0.800. The van der Waals surface area contributed by atoms with E-state index >= 15 is 0 Å². The van der Waals surface area contributed by atoms with Crippen LogP contribution in [0.15, 0.2) is 42.5 Å². The van der Waals surface area contributed by atoms with E-state index in [0.29, 0.717) is 29.5 Å². The summed E-state index contributed by atoms with van der Waals surface area (Å²) in [7, 11) is 0. The van der Waals surface area contributed by atoms with E-state index in [1.54, 1.807) is 42.5 Å². The van der Waals surface area contributed by atoms with E-state index in [-0.39, 0.29) is 12.4 Å². The first-order valence-corrected chi connectivity index (χ1v) is 8.21. The SMILES string of the molecule is CCOc1ccccc1C(=O)O[C@H](C)C(=O)Nc1ccc2c(c1)OCO2. The topological polar surface area (TPSA) is 83.1 Å². The van der Waals surface area contributed by atoms with Gasteiger partial charge in [0.05, 0.1) is 6.61 Å². The van der Waals surface area contributed by atoms with Crippen LogP contribution in [-0.4, -0.2) is 31.4 Å². The Morgan fingerprint density at radius 3 is 2.73 bits per heavy atom. The van der Waals surface area contributed by atoms with E-state index in [0.717, 1.165) is 0 Å². The summed E-state index contributed by atoms with van der Waals surface area (Å²) in [5.74, 6) is 0.518. The van der Waals surface area contributed by atoms with Crippen molar-refractivity contribution >= 4 is 17.6 Å². The Hall–Kier alpha value is -3.22. The minimum absolute atomic E-state index is 0.153. The number of benzene rings is 2. The van der Waals surface area contributed by atoms with Crippen LogP contribution in [0, 0.1) is 0 Å². The summed E-state index contributed by atoms with van der Waals surface area (Å²) in [5, 5.41) is 2.69. The number of para-hydroxylation sites is 1. The first kappa shape index (κ1) is 17.6. The van der Waals surface area contributed by atoms with Gasteiger partial charge >= 0.3 is 5.97 Å². The fourth-order valence-electron chi connectivity index (χ4n) is 2.41. The Kier molecular flexibility index (Phi) is 5.26. The number of nitrogens with one attached hydrogen (secondary N) is 1. The van der Waals surface area contributed by atoms with Gasteiger partial charge in [-0.1, -0.05) is 12.1 Å². The van der Waals surface area contributed by atoms with E-state index in [1.807, 2.05) is 6.92 Å². The largest absolute Gasteiger partial charge is 0.493 e. The van der Waals surface area contributed by atoms with Gasteiger partial charge in [0.15, 0.2) is 17.6 Å². The van der Waals surface area contributed by atoms with Gasteiger partial charge in [0.2, 0.25) is 6.79 Å². The molecule has 26 heavy (non-hydrogen) atoms. The smallest absolute Gasteiger partial charge is 0.342 e. The van der Waals surface area contributed by atoms with Crippen molar-refractivity contribution in [2.24, 2.45) is 0 Å². The van der Waals surface area contributed by atoms with Gasteiger partial charge in [0.1, 0.15) is 11.3 Å². The number of carbonyl (C=O) groups excluding carboxylic acids is 2. The summed E-state index contributed by atoms with van der Waals surface area (Å²) in [6.07, 6.45) is -0.984. The number of ether oxygens (including phenoxy) is 4. The fraction of sp³-hybridized carbons (Fsp3) is 0.263. The molecule has 0 aromatic heterocycles. The van der Waals surface area contributed by atoms with Crippen molar-refractivity contribution in [2.45, 2.75) is 20.0 Å². The van der Waals surface area contributed by atoms with E-state index in [9.17, 15) is 9.59 Å². The highest BCUT2D eigenvalue weighted by Gasteiger charge is 2.22. The average Bonchev–Trinajstić information content (AvgIpc) is 3.10. The molecule has 136 valence electrons. The highest BCUT2D eigenvalue weighted by molar-refractivity contribution is 5.98. The van der Waals surface area contributed by atoms with Crippen molar-refractivity contribution < 1.29 is 28.5 Å². The zero-order valence-corrected chi connectivity index (χ0v) is 14.5. The molecule has 7 nitrogen and oxygen atoms in total. The standard InChI is InChI=1S/C19H19NO6/c1-3-23-15-7-5-4-6-14(15)19(22)26-12(2)18(21)20-13-8-9-16-17(10-13)25-11-24-16/h4-10,12H,3,11H2,1-2H3,(H,20,21)/t12-/m1/s1. The van der Waals surface area contributed by atoms with Crippen LogP contribution in [0.2, 0.25) is 0 Å². The summed E-state index contributed by atoms with van der Waals surface area (Å²) in [6, 6.07) is 11.8. The molecule has 0 spiro atoms. The van der Waals surface area contributed by atoms with Crippen molar-refractivity contribution in [2.75, 3.05) is 18.7 Å². The van der Waals surface area contributed by atoms with Crippen LogP contribution in [0.4, 0.5) is 5.69 Å². The molecule has 0 fully saturated rings. The summed E-state index contributed by atoms with van der Waals surface area (Å²) >= 11 is 0. The zero-order chi connectivity index (χ0) is 18.5. The number of hydrogen-bond donors (Lipinski definition) is 1. The van der Waals surface area contributed by atoms with Crippen LogP contribution in [0.25, 0.3) is 0 Å². The maximum absolute atomic E-state index is 12.3. The third-order valence-corrected chi connectivity index (χ3v) is 3.70. The molecule has 0 bridgehead atoms. The number of amides is 1. The zero-order valence-electron chi connectivity index (χ0n) is 14.5. The molecule has 2 aromatic rings. The molecular weight excluding hydrogens is 338 g/mol. The second-order valence-corrected chi connectivity index (χ2v) is 5.53. The van der Waals surface area contributed by atoms with Crippen LogP contribution in [-0.2, 0) is 9.53 Å². The molecule has 7 heteroatoms. The second-order valence-electron chi connectivity index (χ2n) is 5.53. The monoisotopic (exact) mass is 357 g/mol. The normalized spacial score (nSPS) is 13.0. The lowest BCUT2D eigenvalue weighted by Gasteiger charge is -2.15. The van der Waals surface area contributed by atoms with Crippen LogP contribution < -0.4 is 19.5 Å². The Balaban J connectivity index is 1.63. The van der Waals surface area contributed by atoms with E-state index < -0.39 is 18.0 Å². The maximum Gasteiger partial charge on any atom is 0.342 e. The lowest BCUT2D eigenvalue weighted by atomic mass is 10.2. The molecule has 0 saturated heterocycles. The molecule has 1 heterocycles. The highest BCUT2D eigenvalue weighted by atomic mass is 16.7. The number of hydrogen-bond acceptors (Lipinski definition) is 6. The molecule has 1 aliphatic heterocycles. The minimum Gasteiger partial charge on any atom is -0.493 e. The minimum atomic E-state index is -0.984. The third kappa shape index (κ3) is 3.88. The number of esters is 1. The Bertz CT molecular complexity index is 819. The van der Waals surface area contributed by atoms with Crippen molar-refractivity contribution in [1.82, 2.24) is 0 Å². The predicted molar refractivity (Wildman–Crippen MR) is 93.7 cm³/mol. The molecule has 1 aliphatic rings. The molecule has 0 saturated carbocycles. The second kappa shape index (κ2) is 7.77. The summed E-state index contributed by atoms with van der Waals surface area (Å²) in [4.78, 5) is 24.6. The lowest BCUT2D eigenvalue weighted by molar-refractivity contribution is -0.123. The average molecular weight is 357 g/mol. The number of carbonyl (C=O) groups is 2. The van der Waals surface area contributed by atoms with Crippen molar-refractivity contribution in [1.29, 1.82) is 0 Å². The highest BCUT2D eigenvalue weighted by Crippen LogP contribution is 2.34. The van der Waals surface area contributed by atoms with Gasteiger partial charge < -0.3 is 24.3 Å². The van der Waals surface area contributed by atoms with Gasteiger partial charge in [-0.15, -0.1) is 0 Å². The molecule has 0 aliphatic carbocycles. The summed E-state index contributed by atoms with van der Waals surface area (Å²) in [6.45, 7) is 3.90. The quantitative estimate of drug-likeness (QED) is 0.800. The van der Waals surface area contributed by atoms with E-state index in [1.165, 1.54) is 6.92 Å². The number of fused-ring (bicyclic) bond motifs is 1.